The molecule has 0 aliphatic heterocycles. The molecule has 0 aromatic heterocycles. The van der Waals surface area contributed by atoms with E-state index in [9.17, 15) is 0 Å². The summed E-state index contributed by atoms with van der Waals surface area (Å²) in [7, 11) is -1.75. The third-order valence-corrected chi connectivity index (χ3v) is 13.1. The van der Waals surface area contributed by atoms with Crippen LogP contribution in [0.2, 0.25) is 0 Å². The molecule has 4 heteroatoms. The molecule has 0 unspecified atom stereocenters. The summed E-state index contributed by atoms with van der Waals surface area (Å²) in [5.41, 5.74) is 1.32. The van der Waals surface area contributed by atoms with Crippen molar-refractivity contribution in [2.75, 3.05) is 0 Å². The van der Waals surface area contributed by atoms with E-state index in [1.54, 1.807) is 0 Å². The van der Waals surface area contributed by atoms with Crippen LogP contribution in [0, 0.1) is 6.07 Å². The molecule has 0 nitrogen and oxygen atoms in total. The van der Waals surface area contributed by atoms with E-state index in [2.05, 4.69) is 223 Å². The molecule has 0 atom stereocenters. The van der Waals surface area contributed by atoms with Crippen LogP contribution in [-0.4, -0.2) is 0 Å². The van der Waals surface area contributed by atoms with Crippen molar-refractivity contribution in [1.29, 1.82) is 0 Å². The second kappa shape index (κ2) is 23.2. The van der Waals surface area contributed by atoms with Gasteiger partial charge in [-0.3, -0.25) is 0 Å². The van der Waals surface area contributed by atoms with E-state index < -0.39 is 15.8 Å². The minimum absolute atomic E-state index is 0.877. The van der Waals surface area contributed by atoms with Crippen molar-refractivity contribution in [3.63, 3.8) is 0 Å². The van der Waals surface area contributed by atoms with Gasteiger partial charge >= 0.3 is 35.1 Å². The van der Waals surface area contributed by atoms with Crippen molar-refractivity contribution in [2.45, 2.75) is 19.8 Å². The minimum atomic E-state index is -0.877. The minimum Gasteiger partial charge on any atom is -0.0620 e. The zero-order valence-electron chi connectivity index (χ0n) is 27.7. The number of halogens is 1. The van der Waals surface area contributed by atoms with Crippen molar-refractivity contribution < 1.29 is 15.6 Å². The van der Waals surface area contributed by atoms with E-state index in [0.717, 1.165) is 6.42 Å². The normalized spacial score (nSPS) is 10.1. The quantitative estimate of drug-likeness (QED) is 0.0618. The summed E-state index contributed by atoms with van der Waals surface area (Å²) in [6, 6.07) is 76.3. The molecule has 0 aliphatic carbocycles. The third-order valence-electron chi connectivity index (χ3n) is 7.67. The third kappa shape index (κ3) is 12.9. The van der Waals surface area contributed by atoms with Crippen molar-refractivity contribution >= 4 is 67.2 Å². The molecule has 49 heavy (non-hydrogen) atoms. The van der Waals surface area contributed by atoms with Gasteiger partial charge in [0.05, 0.1) is 15.8 Å². The van der Waals surface area contributed by atoms with Crippen LogP contribution in [0.25, 0.3) is 0 Å². The van der Waals surface area contributed by atoms with Crippen LogP contribution in [0.5, 0.6) is 0 Å². The van der Waals surface area contributed by atoms with Crippen LogP contribution in [0.3, 0.4) is 0 Å². The maximum atomic E-state index is 3.17. The second-order valence-corrected chi connectivity index (χ2v) is 16.0. The van der Waals surface area contributed by atoms with Gasteiger partial charge in [0.25, 0.3) is 0 Å². The molecule has 0 amide bonds. The molecule has 7 rings (SSSR count). The summed E-state index contributed by atoms with van der Waals surface area (Å²) in [6.07, 6.45) is 2.36. The van der Waals surface area contributed by atoms with Crippen molar-refractivity contribution in [2.24, 2.45) is 0 Å². The van der Waals surface area contributed by atoms with Crippen molar-refractivity contribution in [3.8, 4) is 0 Å². The SMILES string of the molecule is CCCc1[c-]cccc1.[Pd+][I].c1ccc([PH+](c2ccccc2)c2ccccc2)cc1.c1ccc([PH+](c2ccccc2)c2ccccc2)cc1. The molecule has 7 aromatic rings. The molecule has 0 saturated carbocycles. The number of hydrogen-bond donors (Lipinski definition) is 0. The standard InChI is InChI=1S/2C18H15P.C9H11.HI.Pd/c2*1-4-10-16(11-5-1)19(17-12-6-2-7-13-17)18-14-8-3-9-15-18;1-2-6-9-7-4-3-5-8-9;;/h2*1-15H;3-5,7H,2,6H2,1H3;1H;/q;;-1;;+2/p+1. The summed E-state index contributed by atoms with van der Waals surface area (Å²) < 4.78 is 0. The van der Waals surface area contributed by atoms with Gasteiger partial charge in [-0.15, -0.1) is 0 Å². The van der Waals surface area contributed by atoms with Crippen LogP contribution in [-0.2, 0) is 22.0 Å². The van der Waals surface area contributed by atoms with Crippen LogP contribution in [0.15, 0.2) is 206 Å². The first kappa shape index (κ1) is 38.6. The van der Waals surface area contributed by atoms with Crippen molar-refractivity contribution in [3.05, 3.63) is 218 Å². The molecular weight excluding hydrogens is 836 g/mol. The predicted molar refractivity (Wildman–Crippen MR) is 226 cm³/mol. The van der Waals surface area contributed by atoms with Gasteiger partial charge < -0.3 is 0 Å². The van der Waals surface area contributed by atoms with Gasteiger partial charge in [-0.1, -0.05) is 129 Å². The second-order valence-electron chi connectivity index (χ2n) is 11.1. The molecule has 0 bridgehead atoms. The maximum absolute atomic E-state index is 3.17. The molecule has 0 aliphatic rings. The monoisotopic (exact) mass is 878 g/mol. The van der Waals surface area contributed by atoms with E-state index in [4.69, 9.17) is 0 Å². The molecule has 0 saturated heterocycles. The first-order valence-corrected chi connectivity index (χ1v) is 24.1. The summed E-state index contributed by atoms with van der Waals surface area (Å²) >= 11 is 4.72. The van der Waals surface area contributed by atoms with Gasteiger partial charge in [-0.05, 0) is 72.8 Å². The van der Waals surface area contributed by atoms with Gasteiger partial charge in [-0.2, -0.15) is 35.9 Å². The smallest absolute Gasteiger partial charge is 0.0620 e. The van der Waals surface area contributed by atoms with E-state index in [1.165, 1.54) is 43.8 Å². The fourth-order valence-electron chi connectivity index (χ4n) is 5.48. The largest absolute Gasteiger partial charge is 0.102 e. The summed E-state index contributed by atoms with van der Waals surface area (Å²) in [6.45, 7) is 2.18. The van der Waals surface area contributed by atoms with Crippen LogP contribution >= 0.6 is 35.4 Å². The van der Waals surface area contributed by atoms with Gasteiger partial charge in [-0.25, -0.2) is 0 Å². The molecule has 248 valence electrons. The molecule has 0 N–H and O–H groups in total. The Hall–Kier alpha value is -3.21. The molecule has 0 fully saturated rings. The van der Waals surface area contributed by atoms with Gasteiger partial charge in [0.1, 0.15) is 31.8 Å². The number of rotatable bonds is 8. The van der Waals surface area contributed by atoms with Crippen molar-refractivity contribution in [1.82, 2.24) is 0 Å². The summed E-state index contributed by atoms with van der Waals surface area (Å²) in [5, 5.41) is 8.61. The number of hydrogen-bond acceptors (Lipinski definition) is 0. The Morgan fingerprint density at radius 2 is 0.633 bits per heavy atom. The van der Waals surface area contributed by atoms with Crippen LogP contribution in [0.1, 0.15) is 18.9 Å². The predicted octanol–water partition coefficient (Wildman–Crippen LogP) is 9.68. The van der Waals surface area contributed by atoms with Gasteiger partial charge in [0.15, 0.2) is 0 Å². The Kier molecular flexibility index (Phi) is 18.3. The Balaban J connectivity index is 0.000000171. The zero-order chi connectivity index (χ0) is 34.4. The zero-order valence-corrected chi connectivity index (χ0v) is 33.5. The van der Waals surface area contributed by atoms with E-state index >= 15 is 0 Å². The molecule has 0 heterocycles. The Bertz CT molecular complexity index is 1500. The topological polar surface area (TPSA) is 0 Å². The first-order valence-electron chi connectivity index (χ1n) is 16.5. The Labute approximate surface area is 318 Å². The first-order chi connectivity index (χ1) is 24.3. The fourth-order valence-corrected chi connectivity index (χ4v) is 10.6. The Morgan fingerprint density at radius 3 is 0.837 bits per heavy atom. The number of benzene rings is 7. The number of aryl methyl sites for hydroxylation is 1. The molecule has 0 spiro atoms. The fraction of sp³-hybridized carbons (Fsp3) is 0.0667. The van der Waals surface area contributed by atoms with Crippen LogP contribution in [0.4, 0.5) is 0 Å². The van der Waals surface area contributed by atoms with E-state index in [0.29, 0.717) is 0 Å². The average Bonchev–Trinajstić information content (AvgIpc) is 3.20. The average molecular weight is 879 g/mol. The Morgan fingerprint density at radius 1 is 0.388 bits per heavy atom. The molecule has 0 radical (unpaired) electrons. The van der Waals surface area contributed by atoms with E-state index in [-0.39, 0.29) is 0 Å². The van der Waals surface area contributed by atoms with Crippen LogP contribution < -0.4 is 31.8 Å². The molecular formula is C45H43IP2Pd+2. The maximum Gasteiger partial charge on any atom is 0.102 e. The summed E-state index contributed by atoms with van der Waals surface area (Å²) in [5.74, 6) is 0. The summed E-state index contributed by atoms with van der Waals surface area (Å²) in [4.78, 5) is 0. The molecule has 7 aromatic carbocycles. The van der Waals surface area contributed by atoms with Gasteiger partial charge in [0.2, 0.25) is 0 Å². The van der Waals surface area contributed by atoms with Gasteiger partial charge in [0, 0.05) is 0 Å². The van der Waals surface area contributed by atoms with E-state index in [1.807, 2.05) is 31.6 Å².